The van der Waals surface area contributed by atoms with E-state index in [1.807, 2.05) is 39.0 Å². The van der Waals surface area contributed by atoms with Crippen molar-refractivity contribution in [1.29, 1.82) is 0 Å². The lowest BCUT2D eigenvalue weighted by atomic mass is 10.0. The highest BCUT2D eigenvalue weighted by Crippen LogP contribution is 2.31. The molecule has 2 aliphatic heterocycles. The lowest BCUT2D eigenvalue weighted by Crippen LogP contribution is -2.53. The van der Waals surface area contributed by atoms with Crippen molar-refractivity contribution in [3.05, 3.63) is 71.3 Å². The number of rotatable bonds is 6. The van der Waals surface area contributed by atoms with Crippen LogP contribution in [0, 0.1) is 12.8 Å². The normalized spacial score (nSPS) is 20.4. The minimum absolute atomic E-state index is 0.00257. The van der Waals surface area contributed by atoms with Gasteiger partial charge >= 0.3 is 0 Å². The number of hydrogen-bond acceptors (Lipinski definition) is 4. The number of hydrogen-bond donors (Lipinski definition) is 1. The Kier molecular flexibility index (Phi) is 6.82. The highest BCUT2D eigenvalue weighted by molar-refractivity contribution is 6.03. The van der Waals surface area contributed by atoms with Crippen LogP contribution in [0.25, 0.3) is 0 Å². The number of carbonyl (C=O) groups excluding carboxylic acids is 4. The number of likely N-dealkylation sites (tertiary alicyclic amines) is 2. The Hall–Kier alpha value is -3.48. The Bertz CT molecular complexity index is 1080. The summed E-state index contributed by atoms with van der Waals surface area (Å²) in [6.07, 6.45) is 1.01. The highest BCUT2D eigenvalue weighted by atomic mass is 16.2. The van der Waals surface area contributed by atoms with Crippen molar-refractivity contribution in [2.75, 3.05) is 13.1 Å². The van der Waals surface area contributed by atoms with E-state index < -0.39 is 12.1 Å². The van der Waals surface area contributed by atoms with Crippen molar-refractivity contribution >= 4 is 23.5 Å². The largest absolute Gasteiger partial charge is 0.340 e. The molecule has 2 aromatic carbocycles. The fraction of sp³-hybridized carbons (Fsp3) is 0.407. The Morgan fingerprint density at radius 2 is 1.65 bits per heavy atom. The average molecular weight is 462 g/mol. The van der Waals surface area contributed by atoms with Crippen molar-refractivity contribution in [3.8, 4) is 0 Å². The summed E-state index contributed by atoms with van der Waals surface area (Å²) in [7, 11) is 0. The SMILES string of the molecule is Cc1ccc(C(=O)NC(CC(C)C)C(=O)N2CCC3C2C(=O)CN3C(=O)c2ccccc2)cc1. The Morgan fingerprint density at radius 3 is 2.29 bits per heavy atom. The monoisotopic (exact) mass is 461 g/mol. The number of amides is 3. The molecule has 3 unspecified atom stereocenters. The maximum Gasteiger partial charge on any atom is 0.254 e. The quantitative estimate of drug-likeness (QED) is 0.717. The molecule has 0 aromatic heterocycles. The van der Waals surface area contributed by atoms with Crippen LogP contribution >= 0.6 is 0 Å². The summed E-state index contributed by atoms with van der Waals surface area (Å²) in [6.45, 7) is 6.31. The third kappa shape index (κ3) is 4.74. The first-order valence-corrected chi connectivity index (χ1v) is 11.8. The first-order chi connectivity index (χ1) is 16.3. The maximum atomic E-state index is 13.6. The fourth-order valence-corrected chi connectivity index (χ4v) is 4.93. The van der Waals surface area contributed by atoms with Crippen LogP contribution in [-0.2, 0) is 9.59 Å². The molecule has 34 heavy (non-hydrogen) atoms. The number of aryl methyl sites for hydroxylation is 1. The molecule has 2 saturated heterocycles. The van der Waals surface area contributed by atoms with Gasteiger partial charge in [0, 0.05) is 17.7 Å². The second kappa shape index (κ2) is 9.79. The second-order valence-electron chi connectivity index (χ2n) is 9.62. The number of carbonyl (C=O) groups is 4. The third-order valence-electron chi connectivity index (χ3n) is 6.61. The van der Waals surface area contributed by atoms with Crippen LogP contribution < -0.4 is 5.32 Å². The van der Waals surface area contributed by atoms with Gasteiger partial charge in [-0.05, 0) is 49.9 Å². The van der Waals surface area contributed by atoms with Gasteiger partial charge in [0.15, 0.2) is 5.78 Å². The van der Waals surface area contributed by atoms with Gasteiger partial charge in [-0.1, -0.05) is 49.7 Å². The predicted molar refractivity (Wildman–Crippen MR) is 128 cm³/mol. The van der Waals surface area contributed by atoms with Crippen LogP contribution in [-0.4, -0.2) is 64.5 Å². The van der Waals surface area contributed by atoms with Gasteiger partial charge in [-0.3, -0.25) is 19.2 Å². The molecular weight excluding hydrogens is 430 g/mol. The van der Waals surface area contributed by atoms with Gasteiger partial charge in [0.1, 0.15) is 12.1 Å². The van der Waals surface area contributed by atoms with Gasteiger partial charge in [-0.2, -0.15) is 0 Å². The van der Waals surface area contributed by atoms with E-state index in [0.717, 1.165) is 5.56 Å². The molecule has 1 N–H and O–H groups in total. The molecule has 2 fully saturated rings. The van der Waals surface area contributed by atoms with Crippen LogP contribution in [0.3, 0.4) is 0 Å². The number of benzene rings is 2. The molecular formula is C27H31N3O4. The minimum Gasteiger partial charge on any atom is -0.340 e. The smallest absolute Gasteiger partial charge is 0.254 e. The van der Waals surface area contributed by atoms with Gasteiger partial charge in [-0.25, -0.2) is 0 Å². The van der Waals surface area contributed by atoms with Gasteiger partial charge in [0.05, 0.1) is 12.6 Å². The molecule has 2 aliphatic rings. The van der Waals surface area contributed by atoms with Crippen LogP contribution in [0.2, 0.25) is 0 Å². The van der Waals surface area contributed by atoms with E-state index in [4.69, 9.17) is 0 Å². The molecule has 0 spiro atoms. The van der Waals surface area contributed by atoms with Gasteiger partial charge in [-0.15, -0.1) is 0 Å². The summed E-state index contributed by atoms with van der Waals surface area (Å²) in [6, 6.07) is 14.3. The summed E-state index contributed by atoms with van der Waals surface area (Å²) in [5.41, 5.74) is 2.07. The Balaban J connectivity index is 1.51. The van der Waals surface area contributed by atoms with E-state index in [1.165, 1.54) is 0 Å². The summed E-state index contributed by atoms with van der Waals surface area (Å²) in [4.78, 5) is 55.6. The van der Waals surface area contributed by atoms with E-state index in [2.05, 4.69) is 5.32 Å². The molecule has 0 bridgehead atoms. The zero-order valence-electron chi connectivity index (χ0n) is 19.9. The highest BCUT2D eigenvalue weighted by Gasteiger charge is 2.52. The summed E-state index contributed by atoms with van der Waals surface area (Å²) in [5.74, 6) is -0.728. The predicted octanol–water partition coefficient (Wildman–Crippen LogP) is 2.83. The Morgan fingerprint density at radius 1 is 0.971 bits per heavy atom. The number of ketones is 1. The lowest BCUT2D eigenvalue weighted by molar-refractivity contribution is -0.138. The zero-order chi connectivity index (χ0) is 24.4. The van der Waals surface area contributed by atoms with Crippen LogP contribution in [0.4, 0.5) is 0 Å². The molecule has 7 nitrogen and oxygen atoms in total. The summed E-state index contributed by atoms with van der Waals surface area (Å²) >= 11 is 0. The standard InChI is InChI=1S/C27H31N3O4/c1-17(2)15-21(28-25(32)19-11-9-18(3)10-12-19)27(34)29-14-13-22-24(29)23(31)16-30(22)26(33)20-7-5-4-6-8-20/h4-12,17,21-22,24H,13-16H2,1-3H3,(H,28,32). The zero-order valence-corrected chi connectivity index (χ0v) is 19.9. The number of Topliss-reactive ketones (excluding diaryl/α,β-unsaturated/α-hetero) is 1. The molecule has 0 aliphatic carbocycles. The maximum absolute atomic E-state index is 13.6. The van der Waals surface area contributed by atoms with Crippen LogP contribution in [0.5, 0.6) is 0 Å². The molecule has 2 aromatic rings. The number of nitrogens with one attached hydrogen (secondary N) is 1. The molecule has 3 amide bonds. The number of fused-ring (bicyclic) bond motifs is 1. The Labute approximate surface area is 200 Å². The van der Waals surface area contributed by atoms with Gasteiger partial charge in [0.25, 0.3) is 11.8 Å². The van der Waals surface area contributed by atoms with Crippen LogP contribution in [0.15, 0.2) is 54.6 Å². The molecule has 3 atom stereocenters. The average Bonchev–Trinajstić information content (AvgIpc) is 3.39. The first-order valence-electron chi connectivity index (χ1n) is 11.8. The lowest BCUT2D eigenvalue weighted by Gasteiger charge is -2.29. The van der Waals surface area contributed by atoms with Crippen molar-refractivity contribution < 1.29 is 19.2 Å². The van der Waals surface area contributed by atoms with Crippen molar-refractivity contribution in [1.82, 2.24) is 15.1 Å². The first kappa shape index (κ1) is 23.7. The summed E-state index contributed by atoms with van der Waals surface area (Å²) in [5, 5.41) is 2.89. The number of nitrogens with zero attached hydrogens (tertiary/aromatic N) is 2. The van der Waals surface area contributed by atoms with Crippen molar-refractivity contribution in [2.24, 2.45) is 5.92 Å². The molecule has 0 radical (unpaired) electrons. The molecule has 178 valence electrons. The minimum atomic E-state index is -0.737. The van der Waals surface area contributed by atoms with E-state index in [1.54, 1.807) is 46.2 Å². The topological polar surface area (TPSA) is 86.8 Å². The van der Waals surface area contributed by atoms with Crippen LogP contribution in [0.1, 0.15) is 53.0 Å². The van der Waals surface area contributed by atoms with Crippen molar-refractivity contribution in [2.45, 2.75) is 51.7 Å². The van der Waals surface area contributed by atoms with Gasteiger partial charge in [0.2, 0.25) is 5.91 Å². The van der Waals surface area contributed by atoms with E-state index in [-0.39, 0.29) is 42.0 Å². The van der Waals surface area contributed by atoms with E-state index in [0.29, 0.717) is 30.5 Å². The van der Waals surface area contributed by atoms with E-state index >= 15 is 0 Å². The van der Waals surface area contributed by atoms with Gasteiger partial charge < -0.3 is 15.1 Å². The molecule has 7 heteroatoms. The molecule has 4 rings (SSSR count). The second-order valence-corrected chi connectivity index (χ2v) is 9.62. The van der Waals surface area contributed by atoms with E-state index in [9.17, 15) is 19.2 Å². The molecule has 2 heterocycles. The fourth-order valence-electron chi connectivity index (χ4n) is 4.93. The summed E-state index contributed by atoms with van der Waals surface area (Å²) < 4.78 is 0. The third-order valence-corrected chi connectivity index (χ3v) is 6.61. The van der Waals surface area contributed by atoms with Crippen molar-refractivity contribution in [3.63, 3.8) is 0 Å². The molecule has 0 saturated carbocycles.